The first kappa shape index (κ1) is 20.9. The van der Waals surface area contributed by atoms with Crippen LogP contribution in [0.15, 0.2) is 24.3 Å². The summed E-state index contributed by atoms with van der Waals surface area (Å²) in [6, 6.07) is 8.01. The predicted molar refractivity (Wildman–Crippen MR) is 113 cm³/mol. The van der Waals surface area contributed by atoms with Crippen LogP contribution in [0.4, 0.5) is 0 Å². The van der Waals surface area contributed by atoms with Crippen molar-refractivity contribution in [2.24, 2.45) is 16.7 Å². The predicted octanol–water partition coefficient (Wildman–Crippen LogP) is 3.82. The van der Waals surface area contributed by atoms with Crippen molar-refractivity contribution < 1.29 is 17.9 Å². The normalized spacial score (nSPS) is 30.0. The largest absolute Gasteiger partial charge is 0.497 e. The molecule has 0 aliphatic heterocycles. The van der Waals surface area contributed by atoms with Crippen molar-refractivity contribution in [2.45, 2.75) is 64.2 Å². The molecule has 1 aromatic rings. The lowest BCUT2D eigenvalue weighted by atomic mass is 9.70. The Kier molecular flexibility index (Phi) is 5.10. The van der Waals surface area contributed by atoms with Crippen LogP contribution in [0, 0.1) is 16.7 Å². The van der Waals surface area contributed by atoms with Crippen LogP contribution >= 0.6 is 0 Å². The number of carbonyl (C=O) groups is 1. The number of fused-ring (bicyclic) bond motifs is 2. The van der Waals surface area contributed by atoms with Gasteiger partial charge >= 0.3 is 0 Å². The number of ketones is 1. The Morgan fingerprint density at radius 2 is 1.76 bits per heavy atom. The Labute approximate surface area is 174 Å². The number of hydrogen-bond donors (Lipinski definition) is 1. The Bertz CT molecular complexity index is 884. The fraction of sp³-hybridized carbons (Fsp3) is 0.696. The molecule has 0 heterocycles. The molecule has 3 saturated carbocycles. The van der Waals surface area contributed by atoms with Gasteiger partial charge in [0.05, 0.1) is 12.9 Å². The number of rotatable bonds is 7. The van der Waals surface area contributed by atoms with Gasteiger partial charge in [0.25, 0.3) is 0 Å². The van der Waals surface area contributed by atoms with E-state index in [-0.39, 0.29) is 22.4 Å². The Hall–Kier alpha value is -1.40. The lowest BCUT2D eigenvalue weighted by molar-refractivity contribution is -0.128. The van der Waals surface area contributed by atoms with E-state index in [9.17, 15) is 13.2 Å². The molecule has 0 aromatic heterocycles. The highest BCUT2D eigenvalue weighted by atomic mass is 32.2. The fourth-order valence-corrected chi connectivity index (χ4v) is 8.22. The summed E-state index contributed by atoms with van der Waals surface area (Å²) < 4.78 is 34.5. The summed E-state index contributed by atoms with van der Waals surface area (Å²) in [5.41, 5.74) is 0.0337. The molecule has 2 atom stereocenters. The van der Waals surface area contributed by atoms with Gasteiger partial charge in [0.2, 0.25) is 10.0 Å². The van der Waals surface area contributed by atoms with Gasteiger partial charge in [-0.3, -0.25) is 4.79 Å². The molecule has 29 heavy (non-hydrogen) atoms. The third kappa shape index (κ3) is 3.32. The van der Waals surface area contributed by atoms with Crippen LogP contribution in [-0.4, -0.2) is 33.6 Å². The molecule has 0 saturated heterocycles. The summed E-state index contributed by atoms with van der Waals surface area (Å²) in [6.07, 6.45) is 6.35. The zero-order valence-corrected chi connectivity index (χ0v) is 18.6. The molecule has 160 valence electrons. The number of Topliss-reactive ketones (excluding diaryl/α,β-unsaturated/α-hetero) is 1. The molecule has 3 aliphatic carbocycles. The van der Waals surface area contributed by atoms with E-state index in [1.165, 1.54) is 0 Å². The maximum Gasteiger partial charge on any atom is 0.212 e. The Morgan fingerprint density at radius 1 is 1.10 bits per heavy atom. The van der Waals surface area contributed by atoms with Gasteiger partial charge in [-0.25, -0.2) is 13.1 Å². The van der Waals surface area contributed by atoms with Crippen LogP contribution in [0.2, 0.25) is 0 Å². The summed E-state index contributed by atoms with van der Waals surface area (Å²) in [4.78, 5) is 12.8. The first-order valence-corrected chi connectivity index (χ1v) is 12.4. The van der Waals surface area contributed by atoms with E-state index in [1.54, 1.807) is 7.11 Å². The highest BCUT2D eigenvalue weighted by Crippen LogP contribution is 2.64. The van der Waals surface area contributed by atoms with Crippen LogP contribution in [0.5, 0.6) is 5.75 Å². The third-order valence-corrected chi connectivity index (χ3v) is 9.93. The maximum absolute atomic E-state index is 13.1. The first-order valence-electron chi connectivity index (χ1n) is 10.8. The van der Waals surface area contributed by atoms with Crippen molar-refractivity contribution in [3.8, 4) is 5.75 Å². The van der Waals surface area contributed by atoms with Crippen molar-refractivity contribution in [2.75, 3.05) is 19.4 Å². The molecule has 0 spiro atoms. The van der Waals surface area contributed by atoms with E-state index in [1.807, 2.05) is 12.1 Å². The monoisotopic (exact) mass is 419 g/mol. The zero-order valence-electron chi connectivity index (χ0n) is 17.8. The van der Waals surface area contributed by atoms with Gasteiger partial charge in [-0.05, 0) is 54.7 Å². The Morgan fingerprint density at radius 3 is 2.28 bits per heavy atom. The van der Waals surface area contributed by atoms with Crippen molar-refractivity contribution in [1.82, 2.24) is 4.72 Å². The quantitative estimate of drug-likeness (QED) is 0.729. The molecule has 0 amide bonds. The SMILES string of the molecule is COc1ccc(C2(CNS(=O)(=O)CC34CCC(CC3=O)C4(C)C)CCCC2)cc1. The fourth-order valence-electron chi connectivity index (χ4n) is 6.30. The molecule has 3 fully saturated rings. The van der Waals surface area contributed by atoms with E-state index in [0.717, 1.165) is 43.4 Å². The Balaban J connectivity index is 1.52. The van der Waals surface area contributed by atoms with E-state index >= 15 is 0 Å². The number of methoxy groups -OCH3 is 1. The molecule has 2 unspecified atom stereocenters. The van der Waals surface area contributed by atoms with Crippen LogP contribution in [-0.2, 0) is 20.2 Å². The lowest BCUT2D eigenvalue weighted by Crippen LogP contribution is -2.47. The minimum absolute atomic E-state index is 0.0684. The highest BCUT2D eigenvalue weighted by Gasteiger charge is 2.65. The summed E-state index contributed by atoms with van der Waals surface area (Å²) >= 11 is 0. The van der Waals surface area contributed by atoms with Gasteiger partial charge in [0, 0.05) is 23.8 Å². The molecule has 1 aromatic carbocycles. The molecule has 2 bridgehead atoms. The number of nitrogens with one attached hydrogen (secondary N) is 1. The second kappa shape index (κ2) is 7.09. The van der Waals surface area contributed by atoms with Gasteiger partial charge in [-0.1, -0.05) is 38.8 Å². The third-order valence-electron chi connectivity index (χ3n) is 8.47. The average molecular weight is 420 g/mol. The van der Waals surface area contributed by atoms with Crippen LogP contribution in [0.25, 0.3) is 0 Å². The molecule has 6 heteroatoms. The van der Waals surface area contributed by atoms with Crippen LogP contribution in [0.3, 0.4) is 0 Å². The second-order valence-corrected chi connectivity index (χ2v) is 11.8. The van der Waals surface area contributed by atoms with Crippen molar-refractivity contribution in [3.63, 3.8) is 0 Å². The van der Waals surface area contributed by atoms with E-state index in [0.29, 0.717) is 25.3 Å². The zero-order chi connectivity index (χ0) is 20.9. The van der Waals surface area contributed by atoms with Crippen molar-refractivity contribution >= 4 is 15.8 Å². The number of ether oxygens (including phenoxy) is 1. The van der Waals surface area contributed by atoms with Crippen LogP contribution in [0.1, 0.15) is 64.4 Å². The van der Waals surface area contributed by atoms with E-state index < -0.39 is 15.4 Å². The number of sulfonamides is 1. The van der Waals surface area contributed by atoms with Crippen molar-refractivity contribution in [1.29, 1.82) is 0 Å². The average Bonchev–Trinajstić information content (AvgIpc) is 3.31. The van der Waals surface area contributed by atoms with Gasteiger partial charge in [0.1, 0.15) is 11.5 Å². The summed E-state index contributed by atoms with van der Waals surface area (Å²) in [5.74, 6) is 1.21. The number of hydrogen-bond acceptors (Lipinski definition) is 4. The highest BCUT2D eigenvalue weighted by molar-refractivity contribution is 7.89. The summed E-state index contributed by atoms with van der Waals surface area (Å²) in [6.45, 7) is 4.57. The standard InChI is InChI=1S/C23H33NO4S/c1-21(2)18-10-13-23(21,20(25)14-18)16-29(26,27)24-15-22(11-4-5-12-22)17-6-8-19(28-3)9-7-17/h6-9,18,24H,4-5,10-16H2,1-3H3. The molecule has 4 rings (SSSR count). The molecule has 3 aliphatic rings. The maximum atomic E-state index is 13.1. The number of carbonyl (C=O) groups excluding carboxylic acids is 1. The molecular weight excluding hydrogens is 386 g/mol. The molecule has 1 N–H and O–H groups in total. The van der Waals surface area contributed by atoms with Crippen molar-refractivity contribution in [3.05, 3.63) is 29.8 Å². The smallest absolute Gasteiger partial charge is 0.212 e. The van der Waals surface area contributed by atoms with Gasteiger partial charge in [-0.15, -0.1) is 0 Å². The molecule has 5 nitrogen and oxygen atoms in total. The second-order valence-electron chi connectivity index (χ2n) is 9.96. The minimum atomic E-state index is -3.55. The van der Waals surface area contributed by atoms with E-state index in [4.69, 9.17) is 4.74 Å². The first-order chi connectivity index (χ1) is 13.6. The van der Waals surface area contributed by atoms with Crippen LogP contribution < -0.4 is 9.46 Å². The van der Waals surface area contributed by atoms with Gasteiger partial charge < -0.3 is 4.74 Å². The summed E-state index contributed by atoms with van der Waals surface area (Å²) in [5, 5.41) is 0. The van der Waals surface area contributed by atoms with E-state index in [2.05, 4.69) is 30.7 Å². The lowest BCUT2D eigenvalue weighted by Gasteiger charge is -2.37. The summed E-state index contributed by atoms with van der Waals surface area (Å²) in [7, 11) is -1.91. The van der Waals surface area contributed by atoms with Gasteiger partial charge in [-0.2, -0.15) is 0 Å². The van der Waals surface area contributed by atoms with Gasteiger partial charge in [0.15, 0.2) is 0 Å². The number of benzene rings is 1. The molecular formula is C23H33NO4S. The topological polar surface area (TPSA) is 72.5 Å². The molecule has 0 radical (unpaired) electrons. The minimum Gasteiger partial charge on any atom is -0.497 e.